The molecule has 1 atom stereocenters. The maximum Gasteiger partial charge on any atom is 0.430 e. The van der Waals surface area contributed by atoms with Crippen molar-refractivity contribution in [2.75, 3.05) is 13.2 Å². The third-order valence-electron chi connectivity index (χ3n) is 2.44. The molecule has 0 radical (unpaired) electrons. The zero-order chi connectivity index (χ0) is 13.7. The van der Waals surface area contributed by atoms with Gasteiger partial charge < -0.3 is 13.9 Å². The number of amides is 1. The van der Waals surface area contributed by atoms with Gasteiger partial charge in [-0.2, -0.15) is 10.1 Å². The first-order valence-corrected chi connectivity index (χ1v) is 5.90. The lowest BCUT2D eigenvalue weighted by Gasteiger charge is -2.07. The Balaban J connectivity index is 1.84. The van der Waals surface area contributed by atoms with Gasteiger partial charge in [0.15, 0.2) is 6.10 Å². The van der Waals surface area contributed by atoms with Crippen LogP contribution in [0, 0.1) is 0 Å². The van der Waals surface area contributed by atoms with Crippen molar-refractivity contribution in [2.45, 2.75) is 19.4 Å². The van der Waals surface area contributed by atoms with E-state index in [1.165, 1.54) is 12.5 Å². The monoisotopic (exact) mass is 266 g/mol. The van der Waals surface area contributed by atoms with Crippen LogP contribution in [0.2, 0.25) is 0 Å². The number of cyclic esters (lactones) is 1. The summed E-state index contributed by atoms with van der Waals surface area (Å²) in [5.41, 5.74) is 0. The third-order valence-corrected chi connectivity index (χ3v) is 2.44. The van der Waals surface area contributed by atoms with E-state index >= 15 is 0 Å². The Labute approximate surface area is 109 Å². The lowest BCUT2D eigenvalue weighted by Crippen LogP contribution is -2.23. The average Bonchev–Trinajstić information content (AvgIpc) is 3.03. The zero-order valence-corrected chi connectivity index (χ0v) is 10.4. The van der Waals surface area contributed by atoms with Crippen LogP contribution in [0.3, 0.4) is 0 Å². The summed E-state index contributed by atoms with van der Waals surface area (Å²) in [6.07, 6.45) is 2.16. The van der Waals surface area contributed by atoms with E-state index in [2.05, 4.69) is 5.10 Å². The van der Waals surface area contributed by atoms with Crippen molar-refractivity contribution >= 4 is 18.3 Å². The lowest BCUT2D eigenvalue weighted by molar-refractivity contribution is -0.145. The highest BCUT2D eigenvalue weighted by Gasteiger charge is 2.32. The highest BCUT2D eigenvalue weighted by Crippen LogP contribution is 2.12. The summed E-state index contributed by atoms with van der Waals surface area (Å²) in [4.78, 5) is 22.5. The fourth-order valence-electron chi connectivity index (χ4n) is 1.47. The first kappa shape index (κ1) is 13.1. The third kappa shape index (κ3) is 3.57. The van der Waals surface area contributed by atoms with Crippen LogP contribution in [-0.2, 0) is 14.3 Å². The van der Waals surface area contributed by atoms with Gasteiger partial charge >= 0.3 is 12.1 Å². The summed E-state index contributed by atoms with van der Waals surface area (Å²) in [7, 11) is 0. The zero-order valence-electron chi connectivity index (χ0n) is 10.4. The predicted molar refractivity (Wildman–Crippen MR) is 64.5 cm³/mol. The van der Waals surface area contributed by atoms with Crippen LogP contribution < -0.4 is 0 Å². The molecule has 1 aromatic heterocycles. The summed E-state index contributed by atoms with van der Waals surface area (Å²) in [6.45, 7) is 1.99. The Morgan fingerprint density at radius 2 is 2.53 bits per heavy atom. The van der Waals surface area contributed by atoms with E-state index in [9.17, 15) is 9.59 Å². The largest absolute Gasteiger partial charge is 0.463 e. The molecule has 1 saturated heterocycles. The molecule has 0 N–H and O–H groups in total. The summed E-state index contributed by atoms with van der Waals surface area (Å²) in [5, 5.41) is 5.10. The Bertz CT molecular complexity index is 468. The number of carbonyl (C=O) groups excluding carboxylic acids is 2. The summed E-state index contributed by atoms with van der Waals surface area (Å²) in [5.74, 6) is 0.210. The van der Waals surface area contributed by atoms with E-state index in [1.54, 1.807) is 19.1 Å². The normalized spacial score (nSPS) is 18.9. The fourth-order valence-corrected chi connectivity index (χ4v) is 1.47. The summed E-state index contributed by atoms with van der Waals surface area (Å²) >= 11 is 0. The standard InChI is InChI=1S/C12H14N2O5/c1-2-11(15)18-8-10-7-14(12(16)19-10)13-6-9-4-3-5-17-9/h3-6,10H,2,7-8H2,1H3. The van der Waals surface area contributed by atoms with Gasteiger partial charge in [0.25, 0.3) is 0 Å². The van der Waals surface area contributed by atoms with E-state index in [4.69, 9.17) is 13.9 Å². The molecule has 0 aliphatic carbocycles. The molecule has 1 fully saturated rings. The highest BCUT2D eigenvalue weighted by atomic mass is 16.6. The van der Waals surface area contributed by atoms with Crippen LogP contribution >= 0.6 is 0 Å². The minimum absolute atomic E-state index is 0.0468. The lowest BCUT2D eigenvalue weighted by atomic mass is 10.4. The molecule has 1 aliphatic heterocycles. The smallest absolute Gasteiger partial charge is 0.430 e. The van der Waals surface area contributed by atoms with Gasteiger partial charge in [-0.1, -0.05) is 6.92 Å². The van der Waals surface area contributed by atoms with Crippen LogP contribution in [0.25, 0.3) is 0 Å². The molecule has 0 bridgehead atoms. The number of hydrogen-bond donors (Lipinski definition) is 0. The molecule has 1 amide bonds. The number of hydrazone groups is 1. The van der Waals surface area contributed by atoms with E-state index in [1.807, 2.05) is 0 Å². The van der Waals surface area contributed by atoms with Crippen molar-refractivity contribution < 1.29 is 23.5 Å². The molecule has 7 nitrogen and oxygen atoms in total. The number of rotatable bonds is 5. The molecule has 1 unspecified atom stereocenters. The molecule has 7 heteroatoms. The molecule has 0 saturated carbocycles. The van der Waals surface area contributed by atoms with Gasteiger partial charge in [0.05, 0.1) is 19.0 Å². The van der Waals surface area contributed by atoms with E-state index in [0.29, 0.717) is 12.2 Å². The molecule has 0 spiro atoms. The molecule has 1 aromatic rings. The molecule has 1 aliphatic rings. The second-order valence-corrected chi connectivity index (χ2v) is 3.88. The predicted octanol–water partition coefficient (Wildman–Crippen LogP) is 1.39. The van der Waals surface area contributed by atoms with Gasteiger partial charge in [0.1, 0.15) is 12.4 Å². The van der Waals surface area contributed by atoms with Gasteiger partial charge in [-0.25, -0.2) is 4.79 Å². The van der Waals surface area contributed by atoms with Gasteiger partial charge in [0.2, 0.25) is 0 Å². The van der Waals surface area contributed by atoms with E-state index < -0.39 is 12.2 Å². The van der Waals surface area contributed by atoms with E-state index in [-0.39, 0.29) is 19.1 Å². The molecule has 0 aromatic carbocycles. The van der Waals surface area contributed by atoms with Crippen molar-refractivity contribution in [1.29, 1.82) is 0 Å². The number of carbonyl (C=O) groups is 2. The number of hydrogen-bond acceptors (Lipinski definition) is 6. The second-order valence-electron chi connectivity index (χ2n) is 3.88. The SMILES string of the molecule is CCC(=O)OCC1CN(N=Cc2ccco2)C(=O)O1. The van der Waals surface area contributed by atoms with Crippen molar-refractivity contribution in [1.82, 2.24) is 5.01 Å². The second kappa shape index (κ2) is 6.03. The van der Waals surface area contributed by atoms with Crippen molar-refractivity contribution in [3.63, 3.8) is 0 Å². The molecular weight excluding hydrogens is 252 g/mol. The molecule has 2 heterocycles. The van der Waals surface area contributed by atoms with Crippen molar-refractivity contribution in [3.05, 3.63) is 24.2 Å². The van der Waals surface area contributed by atoms with Gasteiger partial charge in [0, 0.05) is 6.42 Å². The van der Waals surface area contributed by atoms with Crippen LogP contribution in [-0.4, -0.2) is 42.5 Å². The van der Waals surface area contributed by atoms with Crippen molar-refractivity contribution in [2.24, 2.45) is 5.10 Å². The summed E-state index contributed by atoms with van der Waals surface area (Å²) in [6, 6.07) is 3.43. The van der Waals surface area contributed by atoms with Crippen LogP contribution in [0.5, 0.6) is 0 Å². The molecule has 19 heavy (non-hydrogen) atoms. The average molecular weight is 266 g/mol. The summed E-state index contributed by atoms with van der Waals surface area (Å²) < 4.78 is 15.0. The topological polar surface area (TPSA) is 81.3 Å². The number of furan rings is 1. The van der Waals surface area contributed by atoms with Crippen LogP contribution in [0.15, 0.2) is 27.9 Å². The number of ether oxygens (including phenoxy) is 2. The Kier molecular flexibility index (Phi) is 4.17. The first-order chi connectivity index (χ1) is 9.19. The van der Waals surface area contributed by atoms with Crippen LogP contribution in [0.1, 0.15) is 19.1 Å². The fraction of sp³-hybridized carbons (Fsp3) is 0.417. The Morgan fingerprint density at radius 1 is 1.68 bits per heavy atom. The first-order valence-electron chi connectivity index (χ1n) is 5.90. The van der Waals surface area contributed by atoms with Crippen molar-refractivity contribution in [3.8, 4) is 0 Å². The molecule has 102 valence electrons. The minimum Gasteiger partial charge on any atom is -0.463 e. The Hall–Kier alpha value is -2.31. The minimum atomic E-state index is -0.569. The number of esters is 1. The van der Waals surface area contributed by atoms with Gasteiger partial charge in [-0.15, -0.1) is 0 Å². The molecular formula is C12H14N2O5. The highest BCUT2D eigenvalue weighted by molar-refractivity contribution is 5.78. The Morgan fingerprint density at radius 3 is 3.21 bits per heavy atom. The maximum atomic E-state index is 11.5. The van der Waals surface area contributed by atoms with Crippen LogP contribution in [0.4, 0.5) is 4.79 Å². The van der Waals surface area contributed by atoms with E-state index in [0.717, 1.165) is 5.01 Å². The maximum absolute atomic E-state index is 11.5. The molecule has 2 rings (SSSR count). The van der Waals surface area contributed by atoms with Gasteiger partial charge in [-0.05, 0) is 12.1 Å². The number of nitrogens with zero attached hydrogens (tertiary/aromatic N) is 2. The van der Waals surface area contributed by atoms with Gasteiger partial charge in [-0.3, -0.25) is 4.79 Å². The quantitative estimate of drug-likeness (QED) is 0.594.